The van der Waals surface area contributed by atoms with Gasteiger partial charge in [0.05, 0.1) is 32.3 Å². The minimum absolute atomic E-state index is 0.155. The number of nitrogens with zero attached hydrogens (tertiary/aromatic N) is 4. The van der Waals surface area contributed by atoms with Crippen molar-refractivity contribution >= 4 is 53.0 Å². The minimum Gasteiger partial charge on any atom is -0.201 e. The fourth-order valence-corrected chi connectivity index (χ4v) is 22.0. The molecule has 4 nitrogen and oxygen atoms in total. The highest BCUT2D eigenvalue weighted by Crippen LogP contribution is 2.34. The Labute approximate surface area is 631 Å². The first kappa shape index (κ1) is 87.0. The van der Waals surface area contributed by atoms with Gasteiger partial charge in [0, 0.05) is 67.3 Å². The van der Waals surface area contributed by atoms with Crippen molar-refractivity contribution in [3.8, 4) is 45.0 Å². The summed E-state index contributed by atoms with van der Waals surface area (Å²) in [5.41, 5.74) is 28.5. The number of hydrogen-bond acceptors (Lipinski definition) is 0. The molecule has 0 N–H and O–H groups in total. The summed E-state index contributed by atoms with van der Waals surface area (Å²) in [6, 6.07) is 37.6. The second-order valence-electron chi connectivity index (χ2n) is 39.7. The molecule has 0 amide bonds. The predicted molar refractivity (Wildman–Crippen MR) is 463 cm³/mol. The number of benzene rings is 4. The molecule has 0 aliphatic heterocycles. The Bertz CT molecular complexity index is 4190. The molecule has 0 spiro atoms. The Hall–Kier alpha value is -5.65. The molecule has 0 aliphatic carbocycles. The van der Waals surface area contributed by atoms with Crippen LogP contribution in [-0.2, 0) is 62.7 Å². The Morgan fingerprint density at radius 2 is 0.578 bits per heavy atom. The van der Waals surface area contributed by atoms with Crippen LogP contribution in [0, 0.1) is 46.5 Å². The van der Waals surface area contributed by atoms with Gasteiger partial charge in [-0.25, -0.2) is 18.3 Å². The van der Waals surface area contributed by atoms with Crippen molar-refractivity contribution in [2.45, 2.75) is 291 Å². The molecule has 4 aromatic heterocycles. The molecule has 4 aromatic carbocycles. The van der Waals surface area contributed by atoms with Crippen LogP contribution < -0.4 is 39.0 Å². The maximum absolute atomic E-state index is 2.47. The second-order valence-corrected chi connectivity index (χ2v) is 59.9. The molecule has 0 atom stereocenters. The Kier molecular flexibility index (Phi) is 28.5. The molecule has 0 bridgehead atoms. The number of hydrogen-bond donors (Lipinski definition) is 0. The zero-order valence-electron chi connectivity index (χ0n) is 72.9. The van der Waals surface area contributed by atoms with E-state index in [2.05, 4.69) is 406 Å². The largest absolute Gasteiger partial charge is 0.212 e. The third-order valence-electron chi connectivity index (χ3n) is 20.9. The first-order chi connectivity index (χ1) is 46.4. The van der Waals surface area contributed by atoms with E-state index in [0.717, 1.165) is 12.3 Å². The number of aryl methyl sites for hydroxylation is 9. The van der Waals surface area contributed by atoms with Gasteiger partial charge in [0.2, 0.25) is 22.8 Å². The summed E-state index contributed by atoms with van der Waals surface area (Å²) in [5.74, 6) is 2.06. The molecule has 556 valence electrons. The SMILES string of the molecule is CCC(CC)Cc1ccc(-c2cc(C(C)(C)C)c([Si](C)(C)C)c[n+]2C)c(C)c1.Cc1cc(C(C)C)ccc1-c1cc(C(C)(C)C)c([Si](C)(C)C)c[n+]1C.Cc1cc(CC(C)C)ccc1-c1cc(C(C)(C)C)c([Si](C)(C)C)c[n+]1C.Cc1ccc(-c2cc(C(C)(C)C)c([Si](C)(C)C)c[n+]2C)c(C)c1. The van der Waals surface area contributed by atoms with E-state index in [1.807, 2.05) is 0 Å². The van der Waals surface area contributed by atoms with Crippen molar-refractivity contribution in [2.75, 3.05) is 0 Å². The molecule has 102 heavy (non-hydrogen) atoms. The van der Waals surface area contributed by atoms with Crippen LogP contribution in [0.4, 0.5) is 0 Å². The zero-order valence-corrected chi connectivity index (χ0v) is 76.9. The summed E-state index contributed by atoms with van der Waals surface area (Å²) < 4.78 is 9.35. The average Bonchev–Trinajstić information content (AvgIpc) is 0.786. The van der Waals surface area contributed by atoms with Gasteiger partial charge in [-0.3, -0.25) is 0 Å². The van der Waals surface area contributed by atoms with Gasteiger partial charge in [0.15, 0.2) is 24.8 Å². The van der Waals surface area contributed by atoms with Crippen molar-refractivity contribution in [2.24, 2.45) is 40.0 Å². The van der Waals surface area contributed by atoms with E-state index < -0.39 is 32.3 Å². The third-order valence-corrected chi connectivity index (χ3v) is 28.9. The van der Waals surface area contributed by atoms with Crippen LogP contribution in [0.5, 0.6) is 0 Å². The van der Waals surface area contributed by atoms with E-state index in [0.29, 0.717) is 11.8 Å². The summed E-state index contributed by atoms with van der Waals surface area (Å²) in [6.45, 7) is 82.3. The van der Waals surface area contributed by atoms with Crippen LogP contribution in [0.2, 0.25) is 78.6 Å². The van der Waals surface area contributed by atoms with Crippen LogP contribution in [-0.4, -0.2) is 32.3 Å². The summed E-state index contributed by atoms with van der Waals surface area (Å²) in [4.78, 5) is 0. The van der Waals surface area contributed by atoms with Gasteiger partial charge in [-0.05, 0) is 172 Å². The molecule has 4 heterocycles. The summed E-state index contributed by atoms with van der Waals surface area (Å²) in [5, 5.41) is 6.29. The normalized spacial score (nSPS) is 12.7. The highest BCUT2D eigenvalue weighted by atomic mass is 28.3. The van der Waals surface area contributed by atoms with Gasteiger partial charge < -0.3 is 0 Å². The van der Waals surface area contributed by atoms with E-state index >= 15 is 0 Å². The van der Waals surface area contributed by atoms with Crippen LogP contribution in [0.25, 0.3) is 45.0 Å². The van der Waals surface area contributed by atoms with Gasteiger partial charge >= 0.3 is 0 Å². The third kappa shape index (κ3) is 22.7. The Morgan fingerprint density at radius 3 is 0.804 bits per heavy atom. The molecular weight excluding hydrogens is 1300 g/mol. The molecular formula is C94H148N4Si4+4. The lowest BCUT2D eigenvalue weighted by Gasteiger charge is -2.28. The molecule has 0 fully saturated rings. The number of aromatic nitrogens is 4. The highest BCUT2D eigenvalue weighted by Gasteiger charge is 2.36. The molecule has 0 saturated heterocycles. The van der Waals surface area contributed by atoms with Gasteiger partial charge in [-0.1, -0.05) is 270 Å². The van der Waals surface area contributed by atoms with Gasteiger partial charge in [-0.15, -0.1) is 0 Å². The highest BCUT2D eigenvalue weighted by molar-refractivity contribution is 6.90. The van der Waals surface area contributed by atoms with Crippen molar-refractivity contribution in [1.29, 1.82) is 0 Å². The lowest BCUT2D eigenvalue weighted by Crippen LogP contribution is -2.49. The molecule has 8 rings (SSSR count). The smallest absolute Gasteiger partial charge is 0.201 e. The fraction of sp³-hybridized carbons (Fsp3) is 0.532. The maximum Gasteiger partial charge on any atom is 0.212 e. The molecule has 8 heteroatoms. The van der Waals surface area contributed by atoms with Crippen LogP contribution in [0.15, 0.2) is 122 Å². The standard InChI is InChI=1S/C26H42NSi.C24H38NSi.C23H36NSi.C21H32NSi/c1-11-20(12-2)16-21-13-14-22(19(3)15-21)24-17-23(26(4,5)6)25(18-27(24)7)28(8,9)10;1-17(2)13-19-11-12-20(18(3)14-19)22-15-21(24(4,5)6)23(16-25(22)7)26(8,9)10;1-16(2)18-11-12-19(17(3)13-18)21-14-20(23(4,5)6)22(15-24(21)7)25(8,9)10;1-15-10-11-17(16(2)12-15)19-13-18(21(3,4)5)20(14-22(19)6)23(7,8)9/h13-15,17-18,20H,11-12,16H2,1-10H3;11-12,14-17H,13H2,1-10H3;11-16H,1-10H3;10-14H,1-9H3/q4*+1. The second kappa shape index (κ2) is 33.4. The first-order valence-corrected chi connectivity index (χ1v) is 53.0. The summed E-state index contributed by atoms with van der Waals surface area (Å²) in [7, 11) is 3.19. The van der Waals surface area contributed by atoms with Crippen molar-refractivity contribution in [3.63, 3.8) is 0 Å². The lowest BCUT2D eigenvalue weighted by atomic mass is 9.86. The van der Waals surface area contributed by atoms with Crippen LogP contribution in [0.3, 0.4) is 0 Å². The molecule has 0 aliphatic rings. The quantitative estimate of drug-likeness (QED) is 0.0718. The topological polar surface area (TPSA) is 15.5 Å². The molecule has 8 aromatic rings. The Morgan fingerprint density at radius 1 is 0.324 bits per heavy atom. The summed E-state index contributed by atoms with van der Waals surface area (Å²) >= 11 is 0. The van der Waals surface area contributed by atoms with Crippen molar-refractivity contribution < 1.29 is 18.3 Å². The molecule has 0 unspecified atom stereocenters. The van der Waals surface area contributed by atoms with E-state index in [1.54, 1.807) is 20.7 Å². The first-order valence-electron chi connectivity index (χ1n) is 39.0. The number of pyridine rings is 4. The van der Waals surface area contributed by atoms with E-state index in [1.165, 1.54) is 131 Å². The van der Waals surface area contributed by atoms with Crippen molar-refractivity contribution in [1.82, 2.24) is 0 Å². The van der Waals surface area contributed by atoms with Gasteiger partial charge in [-0.2, -0.15) is 0 Å². The minimum atomic E-state index is -1.41. The fourth-order valence-electron chi connectivity index (χ4n) is 14.6. The summed E-state index contributed by atoms with van der Waals surface area (Å²) in [6.07, 6.45) is 14.5. The van der Waals surface area contributed by atoms with E-state index in [4.69, 9.17) is 0 Å². The van der Waals surface area contributed by atoms with Crippen LogP contribution >= 0.6 is 0 Å². The van der Waals surface area contributed by atoms with Gasteiger partial charge in [0.25, 0.3) is 0 Å². The molecule has 0 saturated carbocycles. The lowest BCUT2D eigenvalue weighted by molar-refractivity contribution is -0.659. The number of rotatable bonds is 15. The average molecular weight is 1450 g/mol. The van der Waals surface area contributed by atoms with E-state index in [-0.39, 0.29) is 21.7 Å². The Balaban J connectivity index is 0.000000245. The van der Waals surface area contributed by atoms with Crippen molar-refractivity contribution in [3.05, 3.63) is 189 Å². The van der Waals surface area contributed by atoms with Gasteiger partial charge in [0.1, 0.15) is 28.2 Å². The zero-order chi connectivity index (χ0) is 77.9. The predicted octanol–water partition coefficient (Wildman–Crippen LogP) is 21.9. The van der Waals surface area contributed by atoms with E-state index in [9.17, 15) is 0 Å². The maximum atomic E-state index is 2.47. The van der Waals surface area contributed by atoms with Crippen LogP contribution in [0.1, 0.15) is 210 Å². The molecule has 0 radical (unpaired) electrons. The monoisotopic (exact) mass is 1450 g/mol.